The van der Waals surface area contributed by atoms with Gasteiger partial charge in [-0.15, -0.1) is 0 Å². The Hall–Kier alpha value is -0.730. The monoisotopic (exact) mass is 266 g/mol. The van der Waals surface area contributed by atoms with E-state index in [1.165, 1.54) is 37.2 Å². The molecule has 1 saturated heterocycles. The smallest absolute Gasteiger partial charge is 0.0471 e. The molecule has 100 valence electrons. The maximum absolute atomic E-state index is 6.36. The molecule has 1 aliphatic rings. The fourth-order valence-electron chi connectivity index (χ4n) is 2.35. The van der Waals surface area contributed by atoms with E-state index >= 15 is 0 Å². The molecule has 1 heterocycles. The van der Waals surface area contributed by atoms with Gasteiger partial charge < -0.3 is 10.2 Å². The standard InChI is InChI=1S/C15H23ClN2/c1-12(2)10-17-11-13-5-6-14(9-15(13)16)18-7-3-4-8-18/h5-6,9,12,17H,3-4,7-8,10-11H2,1-2H3. The summed E-state index contributed by atoms with van der Waals surface area (Å²) >= 11 is 6.36. The van der Waals surface area contributed by atoms with Crippen LogP contribution in [0.3, 0.4) is 0 Å². The molecule has 0 unspecified atom stereocenters. The Morgan fingerprint density at radius 2 is 2.00 bits per heavy atom. The third-order valence-corrected chi connectivity index (χ3v) is 3.73. The van der Waals surface area contributed by atoms with Crippen molar-refractivity contribution in [2.24, 2.45) is 5.92 Å². The lowest BCUT2D eigenvalue weighted by molar-refractivity contribution is 0.552. The van der Waals surface area contributed by atoms with Crippen LogP contribution in [-0.4, -0.2) is 19.6 Å². The second kappa shape index (κ2) is 6.44. The molecule has 2 nitrogen and oxygen atoms in total. The quantitative estimate of drug-likeness (QED) is 0.875. The Kier molecular flexibility index (Phi) is 4.90. The van der Waals surface area contributed by atoms with Crippen LogP contribution >= 0.6 is 11.6 Å². The van der Waals surface area contributed by atoms with Gasteiger partial charge in [0.05, 0.1) is 0 Å². The van der Waals surface area contributed by atoms with E-state index in [1.807, 2.05) is 0 Å². The molecule has 0 spiro atoms. The van der Waals surface area contributed by atoms with Crippen LogP contribution in [0.4, 0.5) is 5.69 Å². The highest BCUT2D eigenvalue weighted by Gasteiger charge is 2.13. The highest BCUT2D eigenvalue weighted by Crippen LogP contribution is 2.26. The normalized spacial score (nSPS) is 15.7. The summed E-state index contributed by atoms with van der Waals surface area (Å²) in [5.41, 5.74) is 2.46. The largest absolute Gasteiger partial charge is 0.371 e. The van der Waals surface area contributed by atoms with Gasteiger partial charge in [-0.25, -0.2) is 0 Å². The Morgan fingerprint density at radius 1 is 1.28 bits per heavy atom. The maximum Gasteiger partial charge on any atom is 0.0471 e. The zero-order valence-corrected chi connectivity index (χ0v) is 12.1. The number of nitrogens with one attached hydrogen (secondary N) is 1. The molecule has 3 heteroatoms. The van der Waals surface area contributed by atoms with E-state index in [1.54, 1.807) is 0 Å². The summed E-state index contributed by atoms with van der Waals surface area (Å²) in [5.74, 6) is 0.674. The minimum atomic E-state index is 0.674. The zero-order valence-electron chi connectivity index (χ0n) is 11.4. The Balaban J connectivity index is 1.96. The molecule has 1 N–H and O–H groups in total. The summed E-state index contributed by atoms with van der Waals surface area (Å²) in [6, 6.07) is 6.46. The molecule has 0 aliphatic carbocycles. The van der Waals surface area contributed by atoms with Gasteiger partial charge in [-0.1, -0.05) is 31.5 Å². The van der Waals surface area contributed by atoms with Crippen LogP contribution in [0.25, 0.3) is 0 Å². The van der Waals surface area contributed by atoms with Crippen LogP contribution in [0.15, 0.2) is 18.2 Å². The first-order valence-electron chi connectivity index (χ1n) is 6.91. The van der Waals surface area contributed by atoms with Crippen molar-refractivity contribution >= 4 is 17.3 Å². The number of hydrogen-bond donors (Lipinski definition) is 1. The highest BCUT2D eigenvalue weighted by molar-refractivity contribution is 6.31. The summed E-state index contributed by atoms with van der Waals surface area (Å²) < 4.78 is 0. The van der Waals surface area contributed by atoms with Gasteiger partial charge in [-0.3, -0.25) is 0 Å². The number of anilines is 1. The van der Waals surface area contributed by atoms with Gasteiger partial charge in [0.2, 0.25) is 0 Å². The minimum absolute atomic E-state index is 0.674. The molecule has 0 amide bonds. The van der Waals surface area contributed by atoms with Crippen LogP contribution in [0.1, 0.15) is 32.3 Å². The number of benzene rings is 1. The molecule has 0 bridgehead atoms. The van der Waals surface area contributed by atoms with Gasteiger partial charge in [0.25, 0.3) is 0 Å². The van der Waals surface area contributed by atoms with E-state index in [2.05, 4.69) is 42.3 Å². The number of rotatable bonds is 5. The van der Waals surface area contributed by atoms with E-state index in [0.29, 0.717) is 5.92 Å². The molecule has 0 atom stereocenters. The van der Waals surface area contributed by atoms with E-state index < -0.39 is 0 Å². The second-order valence-electron chi connectivity index (χ2n) is 5.49. The third kappa shape index (κ3) is 3.63. The lowest BCUT2D eigenvalue weighted by Crippen LogP contribution is -2.20. The first-order valence-corrected chi connectivity index (χ1v) is 7.28. The summed E-state index contributed by atoms with van der Waals surface area (Å²) in [4.78, 5) is 2.41. The van der Waals surface area contributed by atoms with Crippen LogP contribution in [0, 0.1) is 5.92 Å². The van der Waals surface area contributed by atoms with Crippen molar-refractivity contribution < 1.29 is 0 Å². The zero-order chi connectivity index (χ0) is 13.0. The topological polar surface area (TPSA) is 15.3 Å². The van der Waals surface area contributed by atoms with Crippen molar-refractivity contribution in [2.45, 2.75) is 33.2 Å². The number of hydrogen-bond acceptors (Lipinski definition) is 2. The fourth-order valence-corrected chi connectivity index (χ4v) is 2.59. The van der Waals surface area contributed by atoms with Gasteiger partial charge in [0, 0.05) is 30.3 Å². The molecule has 1 fully saturated rings. The molecule has 1 aliphatic heterocycles. The molecule has 2 rings (SSSR count). The average molecular weight is 267 g/mol. The highest BCUT2D eigenvalue weighted by atomic mass is 35.5. The first kappa shape index (κ1) is 13.7. The molecule has 18 heavy (non-hydrogen) atoms. The lowest BCUT2D eigenvalue weighted by Gasteiger charge is -2.19. The van der Waals surface area contributed by atoms with E-state index in [9.17, 15) is 0 Å². The number of nitrogens with zero attached hydrogens (tertiary/aromatic N) is 1. The average Bonchev–Trinajstić information content (AvgIpc) is 2.84. The summed E-state index contributed by atoms with van der Waals surface area (Å²) in [6.07, 6.45) is 2.60. The van der Waals surface area contributed by atoms with Crippen molar-refractivity contribution in [3.05, 3.63) is 28.8 Å². The number of halogens is 1. The van der Waals surface area contributed by atoms with Crippen LogP contribution in [0.5, 0.6) is 0 Å². The molecule has 1 aromatic rings. The van der Waals surface area contributed by atoms with Crippen molar-refractivity contribution in [2.75, 3.05) is 24.5 Å². The Morgan fingerprint density at radius 3 is 2.61 bits per heavy atom. The lowest BCUT2D eigenvalue weighted by atomic mass is 10.1. The predicted molar refractivity (Wildman–Crippen MR) is 79.4 cm³/mol. The second-order valence-corrected chi connectivity index (χ2v) is 5.90. The minimum Gasteiger partial charge on any atom is -0.371 e. The maximum atomic E-state index is 6.36. The summed E-state index contributed by atoms with van der Waals surface area (Å²) in [5, 5.41) is 4.32. The van der Waals surface area contributed by atoms with Crippen molar-refractivity contribution in [3.63, 3.8) is 0 Å². The van der Waals surface area contributed by atoms with Crippen LogP contribution < -0.4 is 10.2 Å². The van der Waals surface area contributed by atoms with E-state index in [-0.39, 0.29) is 0 Å². The SMILES string of the molecule is CC(C)CNCc1ccc(N2CCCC2)cc1Cl. The Bertz CT molecular complexity index is 384. The predicted octanol–water partition coefficient (Wildman–Crippen LogP) is 3.69. The summed E-state index contributed by atoms with van der Waals surface area (Å²) in [6.45, 7) is 8.65. The van der Waals surface area contributed by atoms with Gasteiger partial charge in [0.1, 0.15) is 0 Å². The van der Waals surface area contributed by atoms with Crippen LogP contribution in [-0.2, 0) is 6.54 Å². The Labute approximate surface area is 115 Å². The molecular weight excluding hydrogens is 244 g/mol. The van der Waals surface area contributed by atoms with Crippen molar-refractivity contribution in [1.29, 1.82) is 0 Å². The molecule has 0 saturated carbocycles. The van der Waals surface area contributed by atoms with Crippen molar-refractivity contribution in [1.82, 2.24) is 5.32 Å². The molecular formula is C15H23ClN2. The third-order valence-electron chi connectivity index (χ3n) is 3.38. The van der Waals surface area contributed by atoms with Gasteiger partial charge in [0.15, 0.2) is 0 Å². The van der Waals surface area contributed by atoms with Gasteiger partial charge in [-0.2, -0.15) is 0 Å². The van der Waals surface area contributed by atoms with Crippen LogP contribution in [0.2, 0.25) is 5.02 Å². The fraction of sp³-hybridized carbons (Fsp3) is 0.600. The summed E-state index contributed by atoms with van der Waals surface area (Å²) in [7, 11) is 0. The molecule has 0 aromatic heterocycles. The van der Waals surface area contributed by atoms with Crippen molar-refractivity contribution in [3.8, 4) is 0 Å². The van der Waals surface area contributed by atoms with Gasteiger partial charge in [-0.05, 0) is 43.0 Å². The van der Waals surface area contributed by atoms with E-state index in [0.717, 1.165) is 18.1 Å². The first-order chi connectivity index (χ1) is 8.66. The van der Waals surface area contributed by atoms with Gasteiger partial charge >= 0.3 is 0 Å². The van der Waals surface area contributed by atoms with E-state index in [4.69, 9.17) is 11.6 Å². The molecule has 1 aromatic carbocycles. The molecule has 0 radical (unpaired) electrons.